The Morgan fingerprint density at radius 1 is 1.37 bits per heavy atom. The van der Waals surface area contributed by atoms with Crippen molar-refractivity contribution < 1.29 is 4.39 Å². The van der Waals surface area contributed by atoms with Gasteiger partial charge in [0, 0.05) is 0 Å². The Labute approximate surface area is 119 Å². The highest BCUT2D eigenvalue weighted by Crippen LogP contribution is 2.27. The van der Waals surface area contributed by atoms with Crippen molar-refractivity contribution >= 4 is 27.6 Å². The molecule has 3 N–H and O–H groups in total. The van der Waals surface area contributed by atoms with E-state index in [1.54, 1.807) is 13.0 Å². The van der Waals surface area contributed by atoms with Crippen LogP contribution in [0.5, 0.6) is 0 Å². The molecule has 0 amide bonds. The largest absolute Gasteiger partial charge is 0.383 e. The molecule has 0 saturated heterocycles. The lowest BCUT2D eigenvalue weighted by Gasteiger charge is -2.16. The minimum atomic E-state index is -0.215. The second-order valence-electron chi connectivity index (χ2n) is 4.30. The maximum atomic E-state index is 13.5. The summed E-state index contributed by atoms with van der Waals surface area (Å²) in [7, 11) is 0. The van der Waals surface area contributed by atoms with E-state index in [1.807, 2.05) is 13.0 Å². The fourth-order valence-corrected chi connectivity index (χ4v) is 1.97. The number of nitrogens with zero attached hydrogens (tertiary/aromatic N) is 2. The van der Waals surface area contributed by atoms with E-state index in [2.05, 4.69) is 31.2 Å². The van der Waals surface area contributed by atoms with Crippen molar-refractivity contribution in [3.05, 3.63) is 45.9 Å². The first-order valence-electron chi connectivity index (χ1n) is 5.77. The van der Waals surface area contributed by atoms with Crippen LogP contribution >= 0.6 is 15.9 Å². The molecule has 1 heterocycles. The van der Waals surface area contributed by atoms with Gasteiger partial charge >= 0.3 is 0 Å². The highest BCUT2D eigenvalue weighted by Gasteiger charge is 2.12. The maximum absolute atomic E-state index is 13.5. The lowest BCUT2D eigenvalue weighted by Crippen LogP contribution is -2.10. The molecule has 4 nitrogen and oxygen atoms in total. The lowest BCUT2D eigenvalue weighted by molar-refractivity contribution is 0.614. The number of halogens is 2. The highest BCUT2D eigenvalue weighted by atomic mass is 79.9. The van der Waals surface area contributed by atoms with Crippen molar-refractivity contribution in [2.75, 3.05) is 11.1 Å². The summed E-state index contributed by atoms with van der Waals surface area (Å²) in [5, 5.41) is 3.17. The Bertz CT molecular complexity index is 603. The molecular weight excluding hydrogens is 311 g/mol. The predicted octanol–water partition coefficient (Wildman–Crippen LogP) is 3.44. The van der Waals surface area contributed by atoms with Crippen LogP contribution in [0.25, 0.3) is 0 Å². The van der Waals surface area contributed by atoms with Crippen LogP contribution in [0.2, 0.25) is 0 Å². The molecule has 0 radical (unpaired) electrons. The zero-order chi connectivity index (χ0) is 14.0. The number of nitrogens with two attached hydrogens (primary N) is 1. The zero-order valence-electron chi connectivity index (χ0n) is 10.6. The Kier molecular flexibility index (Phi) is 3.99. The highest BCUT2D eigenvalue weighted by molar-refractivity contribution is 9.10. The van der Waals surface area contributed by atoms with Crippen molar-refractivity contribution in [3.63, 3.8) is 0 Å². The predicted molar refractivity (Wildman–Crippen MR) is 77.3 cm³/mol. The monoisotopic (exact) mass is 324 g/mol. The third kappa shape index (κ3) is 3.01. The number of aromatic nitrogens is 2. The van der Waals surface area contributed by atoms with Crippen molar-refractivity contribution in [3.8, 4) is 0 Å². The van der Waals surface area contributed by atoms with Gasteiger partial charge in [-0.3, -0.25) is 0 Å². The normalized spacial score (nSPS) is 12.2. The quantitative estimate of drug-likeness (QED) is 0.907. The molecular formula is C13H14BrFN4. The molecule has 2 rings (SSSR count). The van der Waals surface area contributed by atoms with Gasteiger partial charge in [-0.2, -0.15) is 0 Å². The van der Waals surface area contributed by atoms with Crippen LogP contribution in [0.4, 0.5) is 16.0 Å². The van der Waals surface area contributed by atoms with Crippen LogP contribution in [0, 0.1) is 12.7 Å². The summed E-state index contributed by atoms with van der Waals surface area (Å²) >= 11 is 3.32. The first kappa shape index (κ1) is 13.7. The topological polar surface area (TPSA) is 63.8 Å². The molecule has 2 aromatic rings. The molecule has 100 valence electrons. The maximum Gasteiger partial charge on any atom is 0.146 e. The Hall–Kier alpha value is -1.69. The standard InChI is InChI=1S/C13H14BrFN4/c1-7-3-4-9(5-10(7)15)8(2)19-13-11(14)12(16)17-6-18-13/h3-6,8H,1-2H3,(H3,16,17,18,19). The molecule has 1 unspecified atom stereocenters. The third-order valence-corrected chi connectivity index (χ3v) is 3.65. The van der Waals surface area contributed by atoms with E-state index in [-0.39, 0.29) is 11.9 Å². The third-order valence-electron chi connectivity index (χ3n) is 2.87. The molecule has 0 aliphatic rings. The van der Waals surface area contributed by atoms with Crippen LogP contribution in [-0.4, -0.2) is 9.97 Å². The molecule has 6 heteroatoms. The van der Waals surface area contributed by atoms with Crippen LogP contribution in [-0.2, 0) is 0 Å². The Balaban J connectivity index is 2.23. The molecule has 0 spiro atoms. The van der Waals surface area contributed by atoms with Crippen molar-refractivity contribution in [2.24, 2.45) is 0 Å². The SMILES string of the molecule is Cc1ccc(C(C)Nc2ncnc(N)c2Br)cc1F. The molecule has 0 bridgehead atoms. The summed E-state index contributed by atoms with van der Waals surface area (Å²) < 4.78 is 14.1. The van der Waals surface area contributed by atoms with Gasteiger partial charge in [0.25, 0.3) is 0 Å². The lowest BCUT2D eigenvalue weighted by atomic mass is 10.1. The molecule has 0 aliphatic carbocycles. The van der Waals surface area contributed by atoms with Gasteiger partial charge in [-0.25, -0.2) is 14.4 Å². The van der Waals surface area contributed by atoms with Gasteiger partial charge in [0.1, 0.15) is 28.3 Å². The van der Waals surface area contributed by atoms with Gasteiger partial charge in [0.2, 0.25) is 0 Å². The molecule has 1 aromatic heterocycles. The smallest absolute Gasteiger partial charge is 0.146 e. The van der Waals surface area contributed by atoms with Gasteiger partial charge in [0.05, 0.1) is 6.04 Å². The summed E-state index contributed by atoms with van der Waals surface area (Å²) in [5.74, 6) is 0.730. The van der Waals surface area contributed by atoms with Crippen LogP contribution in [0.15, 0.2) is 29.0 Å². The van der Waals surface area contributed by atoms with E-state index in [1.165, 1.54) is 12.4 Å². The van der Waals surface area contributed by atoms with E-state index in [4.69, 9.17) is 5.73 Å². The molecule has 0 saturated carbocycles. The molecule has 1 aromatic carbocycles. The number of anilines is 2. The van der Waals surface area contributed by atoms with Crippen LogP contribution < -0.4 is 11.1 Å². The fraction of sp³-hybridized carbons (Fsp3) is 0.231. The van der Waals surface area contributed by atoms with Gasteiger partial charge < -0.3 is 11.1 Å². The molecule has 0 aliphatic heterocycles. The van der Waals surface area contributed by atoms with E-state index in [0.29, 0.717) is 21.7 Å². The summed E-state index contributed by atoms with van der Waals surface area (Å²) in [6.45, 7) is 3.66. The van der Waals surface area contributed by atoms with Crippen LogP contribution in [0.3, 0.4) is 0 Å². The number of aryl methyl sites for hydroxylation is 1. The first-order valence-corrected chi connectivity index (χ1v) is 6.57. The van der Waals surface area contributed by atoms with E-state index in [0.717, 1.165) is 5.56 Å². The van der Waals surface area contributed by atoms with Crippen molar-refractivity contribution in [1.82, 2.24) is 9.97 Å². The zero-order valence-corrected chi connectivity index (χ0v) is 12.2. The van der Waals surface area contributed by atoms with Gasteiger partial charge in [0.15, 0.2) is 0 Å². The summed E-state index contributed by atoms with van der Waals surface area (Å²) in [6, 6.07) is 5.06. The van der Waals surface area contributed by atoms with Gasteiger partial charge in [-0.15, -0.1) is 0 Å². The number of hydrogen-bond acceptors (Lipinski definition) is 4. The minimum absolute atomic E-state index is 0.0966. The first-order chi connectivity index (χ1) is 8.99. The van der Waals surface area contributed by atoms with E-state index < -0.39 is 0 Å². The van der Waals surface area contributed by atoms with Crippen molar-refractivity contribution in [2.45, 2.75) is 19.9 Å². The molecule has 1 atom stereocenters. The minimum Gasteiger partial charge on any atom is -0.383 e. The summed E-state index contributed by atoms with van der Waals surface area (Å²) in [6.07, 6.45) is 1.38. The second kappa shape index (κ2) is 5.52. The van der Waals surface area contributed by atoms with Gasteiger partial charge in [-0.05, 0) is 47.0 Å². The average Bonchev–Trinajstić information content (AvgIpc) is 2.38. The van der Waals surface area contributed by atoms with Crippen LogP contribution in [0.1, 0.15) is 24.1 Å². The summed E-state index contributed by atoms with van der Waals surface area (Å²) in [4.78, 5) is 7.97. The summed E-state index contributed by atoms with van der Waals surface area (Å²) in [5.41, 5.74) is 7.15. The fourth-order valence-electron chi connectivity index (χ4n) is 1.65. The number of nitrogen functional groups attached to an aromatic ring is 1. The van der Waals surface area contributed by atoms with E-state index >= 15 is 0 Å². The second-order valence-corrected chi connectivity index (χ2v) is 5.09. The molecule has 19 heavy (non-hydrogen) atoms. The van der Waals surface area contributed by atoms with Crippen molar-refractivity contribution in [1.29, 1.82) is 0 Å². The Morgan fingerprint density at radius 3 is 2.79 bits per heavy atom. The van der Waals surface area contributed by atoms with Gasteiger partial charge in [-0.1, -0.05) is 12.1 Å². The van der Waals surface area contributed by atoms with E-state index in [9.17, 15) is 4.39 Å². The number of benzene rings is 1. The molecule has 0 fully saturated rings. The number of rotatable bonds is 3. The average molecular weight is 325 g/mol. The Morgan fingerprint density at radius 2 is 2.11 bits per heavy atom. The number of hydrogen-bond donors (Lipinski definition) is 2. The number of nitrogens with one attached hydrogen (secondary N) is 1.